The number of aliphatic carboxylic acids is 3. The molecule has 7 heteroatoms. The van der Waals surface area contributed by atoms with Crippen molar-refractivity contribution in [3.05, 3.63) is 0 Å². The van der Waals surface area contributed by atoms with Crippen LogP contribution in [0.3, 0.4) is 0 Å². The van der Waals surface area contributed by atoms with Crippen LogP contribution < -0.4 is 15.3 Å². The van der Waals surface area contributed by atoms with Gasteiger partial charge in [0.1, 0.15) is 0 Å². The van der Waals surface area contributed by atoms with E-state index in [1.807, 2.05) is 0 Å². The average Bonchev–Trinajstić information content (AvgIpc) is 2.18. The Kier molecular flexibility index (Phi) is 20.9. The number of hydrogen-bond donors (Lipinski definition) is 0. The fourth-order valence-electron chi connectivity index (χ4n) is 0. The molecular weight excluding hydrogens is 296 g/mol. The van der Waals surface area contributed by atoms with Crippen LogP contribution >= 0.6 is 0 Å². The van der Waals surface area contributed by atoms with Crippen LogP contribution in [0.15, 0.2) is 0 Å². The SMILES string of the molecule is CC(C)C(=O)[O-].CC(C)C(=O)[O-].CC(C)C(=O)[O-].[Fe+3]. The van der Waals surface area contributed by atoms with Crippen LogP contribution in [0.5, 0.6) is 0 Å². The number of carbonyl (C=O) groups is 3. The summed E-state index contributed by atoms with van der Waals surface area (Å²) in [6.07, 6.45) is 0. The summed E-state index contributed by atoms with van der Waals surface area (Å²) in [5.41, 5.74) is 0. The minimum absolute atomic E-state index is 0. The molecule has 0 aromatic carbocycles. The zero-order valence-electron chi connectivity index (χ0n) is 12.0. The summed E-state index contributed by atoms with van der Waals surface area (Å²) in [7, 11) is 0. The second-order valence-corrected chi connectivity index (χ2v) is 4.42. The Bertz CT molecular complexity index is 218. The maximum atomic E-state index is 9.59. The van der Waals surface area contributed by atoms with Gasteiger partial charge >= 0.3 is 17.1 Å². The molecule has 6 nitrogen and oxygen atoms in total. The molecule has 0 N–H and O–H groups in total. The summed E-state index contributed by atoms with van der Waals surface area (Å²) in [6.45, 7) is 9.47. The van der Waals surface area contributed by atoms with Crippen LogP contribution in [0.2, 0.25) is 0 Å². The molecule has 0 amide bonds. The summed E-state index contributed by atoms with van der Waals surface area (Å²) in [5.74, 6) is -4.00. The van der Waals surface area contributed by atoms with Crippen LogP contribution in [0, 0.1) is 17.8 Å². The Morgan fingerprint density at radius 1 is 0.579 bits per heavy atom. The smallest absolute Gasteiger partial charge is 0.550 e. The Labute approximate surface area is 124 Å². The first-order chi connectivity index (χ1) is 7.93. The first kappa shape index (κ1) is 26.5. The van der Waals surface area contributed by atoms with Gasteiger partial charge in [-0.2, -0.15) is 0 Å². The van der Waals surface area contributed by atoms with Crippen molar-refractivity contribution in [1.82, 2.24) is 0 Å². The van der Waals surface area contributed by atoms with E-state index >= 15 is 0 Å². The Balaban J connectivity index is -0.0000000865. The molecule has 0 spiro atoms. The van der Waals surface area contributed by atoms with Gasteiger partial charge in [-0.15, -0.1) is 0 Å². The van der Waals surface area contributed by atoms with Gasteiger partial charge in [0.05, 0.1) is 0 Å². The van der Waals surface area contributed by atoms with Gasteiger partial charge in [0, 0.05) is 17.9 Å². The minimum Gasteiger partial charge on any atom is -0.550 e. The topological polar surface area (TPSA) is 120 Å². The van der Waals surface area contributed by atoms with E-state index in [0.717, 1.165) is 0 Å². The fourth-order valence-corrected chi connectivity index (χ4v) is 0. The molecule has 19 heavy (non-hydrogen) atoms. The third-order valence-corrected chi connectivity index (χ3v) is 1.41. The molecule has 0 atom stereocenters. The van der Waals surface area contributed by atoms with E-state index in [0.29, 0.717) is 0 Å². The van der Waals surface area contributed by atoms with E-state index in [4.69, 9.17) is 0 Å². The summed E-state index contributed by atoms with van der Waals surface area (Å²) >= 11 is 0. The van der Waals surface area contributed by atoms with E-state index < -0.39 is 17.9 Å². The Morgan fingerprint density at radius 2 is 0.632 bits per heavy atom. The second-order valence-electron chi connectivity index (χ2n) is 4.42. The Morgan fingerprint density at radius 3 is 0.632 bits per heavy atom. The van der Waals surface area contributed by atoms with Gasteiger partial charge < -0.3 is 29.7 Å². The second kappa shape index (κ2) is 15.0. The number of rotatable bonds is 3. The molecule has 0 aromatic heterocycles. The van der Waals surface area contributed by atoms with Crippen molar-refractivity contribution in [3.8, 4) is 0 Å². The maximum Gasteiger partial charge on any atom is 3.00 e. The van der Waals surface area contributed by atoms with Crippen LogP contribution in [0.25, 0.3) is 0 Å². The van der Waals surface area contributed by atoms with Gasteiger partial charge in [-0.3, -0.25) is 0 Å². The van der Waals surface area contributed by atoms with Gasteiger partial charge in [-0.25, -0.2) is 0 Å². The molecule has 0 heterocycles. The van der Waals surface area contributed by atoms with Crippen LogP contribution in [-0.4, -0.2) is 17.9 Å². The van der Waals surface area contributed by atoms with Crippen molar-refractivity contribution in [2.75, 3.05) is 0 Å². The molecule has 0 saturated carbocycles. The van der Waals surface area contributed by atoms with Crippen LogP contribution in [-0.2, 0) is 31.5 Å². The van der Waals surface area contributed by atoms with Gasteiger partial charge in [-0.05, 0) is 17.8 Å². The predicted molar refractivity (Wildman–Crippen MR) is 59.5 cm³/mol. The zero-order valence-corrected chi connectivity index (χ0v) is 13.1. The van der Waals surface area contributed by atoms with Gasteiger partial charge in [0.15, 0.2) is 0 Å². The van der Waals surface area contributed by atoms with Crippen molar-refractivity contribution in [2.24, 2.45) is 17.8 Å². The molecular formula is C12H21FeO6. The molecule has 0 aliphatic carbocycles. The zero-order chi connectivity index (χ0) is 15.5. The molecule has 0 fully saturated rings. The molecule has 0 saturated heterocycles. The summed E-state index contributed by atoms with van der Waals surface area (Å²) in [6, 6.07) is 0. The van der Waals surface area contributed by atoms with Crippen molar-refractivity contribution in [1.29, 1.82) is 0 Å². The number of carbonyl (C=O) groups excluding carboxylic acids is 3. The fraction of sp³-hybridized carbons (Fsp3) is 0.750. The molecule has 1 radical (unpaired) electrons. The third-order valence-electron chi connectivity index (χ3n) is 1.41. The first-order valence-corrected chi connectivity index (χ1v) is 5.55. The molecule has 0 rings (SSSR count). The van der Waals surface area contributed by atoms with Gasteiger partial charge in [-0.1, -0.05) is 41.5 Å². The van der Waals surface area contributed by atoms with E-state index in [1.54, 1.807) is 41.5 Å². The molecule has 0 aliphatic heterocycles. The molecule has 0 aliphatic rings. The van der Waals surface area contributed by atoms with E-state index in [9.17, 15) is 29.7 Å². The van der Waals surface area contributed by atoms with Gasteiger partial charge in [0.25, 0.3) is 0 Å². The van der Waals surface area contributed by atoms with Crippen LogP contribution in [0.4, 0.5) is 0 Å². The largest absolute Gasteiger partial charge is 3.00 e. The number of carboxylic acids is 3. The van der Waals surface area contributed by atoms with E-state index in [2.05, 4.69) is 0 Å². The molecule has 113 valence electrons. The molecule has 0 bridgehead atoms. The van der Waals surface area contributed by atoms with Crippen molar-refractivity contribution < 1.29 is 46.8 Å². The molecule has 0 aromatic rings. The molecule has 0 unspecified atom stereocenters. The third kappa shape index (κ3) is 31.6. The van der Waals surface area contributed by atoms with E-state index in [-0.39, 0.29) is 34.8 Å². The minimum atomic E-state index is -0.991. The summed E-state index contributed by atoms with van der Waals surface area (Å²) < 4.78 is 0. The maximum absolute atomic E-state index is 9.59. The number of hydrogen-bond acceptors (Lipinski definition) is 6. The summed E-state index contributed by atoms with van der Waals surface area (Å²) in [5, 5.41) is 28.8. The van der Waals surface area contributed by atoms with Gasteiger partial charge in [0.2, 0.25) is 0 Å². The summed E-state index contributed by atoms with van der Waals surface area (Å²) in [4.78, 5) is 28.8. The van der Waals surface area contributed by atoms with Crippen molar-refractivity contribution >= 4 is 17.9 Å². The number of carboxylic acid groups (broad SMARTS) is 3. The average molecular weight is 317 g/mol. The first-order valence-electron chi connectivity index (χ1n) is 5.55. The quantitative estimate of drug-likeness (QED) is 0.565. The standard InChI is InChI=1S/3C4H8O2.Fe/c3*1-3(2)4(5)6;/h3*3H,1-2H3,(H,5,6);/q;;;+3/p-3. The monoisotopic (exact) mass is 317 g/mol. The normalized spacial score (nSPS) is 8.68. The van der Waals surface area contributed by atoms with E-state index in [1.165, 1.54) is 0 Å². The van der Waals surface area contributed by atoms with Crippen molar-refractivity contribution in [3.63, 3.8) is 0 Å². The van der Waals surface area contributed by atoms with Crippen molar-refractivity contribution in [2.45, 2.75) is 41.5 Å². The van der Waals surface area contributed by atoms with Crippen LogP contribution in [0.1, 0.15) is 41.5 Å². The Hall–Kier alpha value is -1.07. The predicted octanol–water partition coefficient (Wildman–Crippen LogP) is -1.83.